The third-order valence-corrected chi connectivity index (χ3v) is 5.82. The van der Waals surface area contributed by atoms with Crippen molar-refractivity contribution in [3.8, 4) is 18.1 Å². The van der Waals surface area contributed by atoms with Gasteiger partial charge in [-0.25, -0.2) is 0 Å². The minimum atomic E-state index is -1.24. The predicted octanol–water partition coefficient (Wildman–Crippen LogP) is 3.45. The summed E-state index contributed by atoms with van der Waals surface area (Å²) in [5, 5.41) is 12.3. The fourth-order valence-corrected chi connectivity index (χ4v) is 4.13. The first kappa shape index (κ1) is 21.2. The Morgan fingerprint density at radius 3 is 2.56 bits per heavy atom. The van der Waals surface area contributed by atoms with Crippen LogP contribution in [0.3, 0.4) is 0 Å². The zero-order chi connectivity index (χ0) is 22.7. The molecule has 3 aromatic carbocycles. The van der Waals surface area contributed by atoms with Gasteiger partial charge in [0, 0.05) is 5.56 Å². The maximum Gasteiger partial charge on any atom is 0.294 e. The van der Waals surface area contributed by atoms with E-state index in [1.54, 1.807) is 24.3 Å². The van der Waals surface area contributed by atoms with Gasteiger partial charge in [-0.3, -0.25) is 14.5 Å². The molecule has 0 N–H and O–H groups in total. The highest BCUT2D eigenvalue weighted by molar-refractivity contribution is 8.18. The molecular formula is C25H16NO5S-. The van der Waals surface area contributed by atoms with Crippen LogP contribution in [0.4, 0.5) is 4.79 Å². The highest BCUT2D eigenvalue weighted by Gasteiger charge is 2.34. The topological polar surface area (TPSA) is 86.7 Å². The molecule has 0 bridgehead atoms. The van der Waals surface area contributed by atoms with Crippen molar-refractivity contribution in [2.24, 2.45) is 0 Å². The lowest BCUT2D eigenvalue weighted by Crippen LogP contribution is -2.28. The largest absolute Gasteiger partial charge is 0.545 e. The van der Waals surface area contributed by atoms with E-state index >= 15 is 0 Å². The SMILES string of the molecule is C#CCN1C(=O)S/C(=C\c2c(OCc3ccc(C(=O)[O-])cc3)ccc3ccccc23)C1=O. The highest BCUT2D eigenvalue weighted by atomic mass is 32.2. The van der Waals surface area contributed by atoms with E-state index in [-0.39, 0.29) is 23.6 Å². The van der Waals surface area contributed by atoms with Crippen LogP contribution < -0.4 is 9.84 Å². The van der Waals surface area contributed by atoms with Crippen molar-refractivity contribution in [3.63, 3.8) is 0 Å². The molecule has 32 heavy (non-hydrogen) atoms. The van der Waals surface area contributed by atoms with E-state index in [4.69, 9.17) is 11.2 Å². The third-order valence-electron chi connectivity index (χ3n) is 4.91. The van der Waals surface area contributed by atoms with Crippen LogP contribution >= 0.6 is 11.8 Å². The number of nitrogens with zero attached hydrogens (tertiary/aromatic N) is 1. The molecule has 0 aliphatic carbocycles. The van der Waals surface area contributed by atoms with E-state index in [9.17, 15) is 19.5 Å². The van der Waals surface area contributed by atoms with Crippen LogP contribution in [0.2, 0.25) is 0 Å². The van der Waals surface area contributed by atoms with Crippen LogP contribution in [0.25, 0.3) is 16.8 Å². The van der Waals surface area contributed by atoms with E-state index < -0.39 is 17.1 Å². The van der Waals surface area contributed by atoms with E-state index in [0.717, 1.165) is 33.0 Å². The molecule has 4 rings (SSSR count). The second-order valence-corrected chi connectivity index (χ2v) is 7.94. The van der Waals surface area contributed by atoms with Crippen LogP contribution in [0.5, 0.6) is 5.75 Å². The monoisotopic (exact) mass is 442 g/mol. The number of rotatable bonds is 6. The third kappa shape index (κ3) is 4.22. The van der Waals surface area contributed by atoms with Gasteiger partial charge in [-0.15, -0.1) is 6.42 Å². The number of carbonyl (C=O) groups is 3. The van der Waals surface area contributed by atoms with Crippen LogP contribution in [0.15, 0.2) is 65.6 Å². The number of carboxylic acids is 1. The van der Waals surface area contributed by atoms with Crippen LogP contribution in [0, 0.1) is 12.3 Å². The van der Waals surface area contributed by atoms with Gasteiger partial charge in [-0.05, 0) is 45.8 Å². The van der Waals surface area contributed by atoms with Gasteiger partial charge in [-0.2, -0.15) is 0 Å². The van der Waals surface area contributed by atoms with Crippen molar-refractivity contribution >= 4 is 45.7 Å². The van der Waals surface area contributed by atoms with Crippen molar-refractivity contribution in [1.82, 2.24) is 4.90 Å². The lowest BCUT2D eigenvalue weighted by atomic mass is 10.0. The molecule has 1 aliphatic rings. The summed E-state index contributed by atoms with van der Waals surface area (Å²) < 4.78 is 6.02. The first-order valence-electron chi connectivity index (χ1n) is 9.61. The molecule has 6 nitrogen and oxygen atoms in total. The molecule has 7 heteroatoms. The lowest BCUT2D eigenvalue weighted by Gasteiger charge is -2.13. The predicted molar refractivity (Wildman–Crippen MR) is 121 cm³/mol. The van der Waals surface area contributed by atoms with Crippen LogP contribution in [0.1, 0.15) is 21.5 Å². The Kier molecular flexibility index (Phi) is 5.97. The second-order valence-electron chi connectivity index (χ2n) is 6.94. The fourth-order valence-electron chi connectivity index (χ4n) is 3.31. The Morgan fingerprint density at radius 2 is 1.84 bits per heavy atom. The number of benzene rings is 3. The van der Waals surface area contributed by atoms with Crippen molar-refractivity contribution < 1.29 is 24.2 Å². The van der Waals surface area contributed by atoms with E-state index in [1.165, 1.54) is 12.1 Å². The number of carbonyl (C=O) groups excluding carboxylic acids is 3. The van der Waals surface area contributed by atoms with Gasteiger partial charge in [0.15, 0.2) is 0 Å². The number of hydrogen-bond acceptors (Lipinski definition) is 6. The standard InChI is InChI=1S/C25H17NO5S/c1-2-13-26-23(27)22(32-25(26)30)14-20-19-6-4-3-5-17(19)11-12-21(20)31-15-16-7-9-18(10-8-16)24(28)29/h1,3-12,14H,13,15H2,(H,28,29)/p-1/b22-14-. The van der Waals surface area contributed by atoms with Gasteiger partial charge in [0.25, 0.3) is 11.1 Å². The van der Waals surface area contributed by atoms with E-state index in [2.05, 4.69) is 5.92 Å². The molecule has 0 unspecified atom stereocenters. The Morgan fingerprint density at radius 1 is 1.09 bits per heavy atom. The summed E-state index contributed by atoms with van der Waals surface area (Å²) >= 11 is 0.839. The smallest absolute Gasteiger partial charge is 0.294 e. The van der Waals surface area contributed by atoms with Crippen molar-refractivity contribution in [2.45, 2.75) is 6.61 Å². The number of carboxylic acid groups (broad SMARTS) is 1. The van der Waals surface area contributed by atoms with Crippen LogP contribution in [-0.4, -0.2) is 28.6 Å². The van der Waals surface area contributed by atoms with Crippen molar-refractivity contribution in [1.29, 1.82) is 0 Å². The molecule has 1 saturated heterocycles. The summed E-state index contributed by atoms with van der Waals surface area (Å²) in [5.41, 5.74) is 1.52. The average Bonchev–Trinajstić information content (AvgIpc) is 3.06. The molecule has 2 amide bonds. The Bertz CT molecular complexity index is 1300. The average molecular weight is 442 g/mol. The quantitative estimate of drug-likeness (QED) is 0.429. The molecular weight excluding hydrogens is 426 g/mol. The van der Waals surface area contributed by atoms with Crippen LogP contribution in [-0.2, 0) is 11.4 Å². The van der Waals surface area contributed by atoms with Gasteiger partial charge in [0.05, 0.1) is 17.4 Å². The maximum absolute atomic E-state index is 12.7. The van der Waals surface area contributed by atoms with E-state index in [1.807, 2.05) is 30.3 Å². The summed E-state index contributed by atoms with van der Waals surface area (Å²) in [6, 6.07) is 17.6. The molecule has 0 atom stereocenters. The molecule has 0 saturated carbocycles. The summed E-state index contributed by atoms with van der Waals surface area (Å²) in [4.78, 5) is 37.0. The molecule has 0 aromatic heterocycles. The number of thioether (sulfide) groups is 1. The molecule has 3 aromatic rings. The zero-order valence-corrected chi connectivity index (χ0v) is 17.6. The Labute approximate surface area is 188 Å². The van der Waals surface area contributed by atoms with E-state index in [0.29, 0.717) is 11.3 Å². The van der Waals surface area contributed by atoms with Gasteiger partial charge < -0.3 is 14.6 Å². The normalized spacial score (nSPS) is 14.7. The molecule has 1 heterocycles. The number of aromatic carboxylic acids is 1. The number of amides is 2. The number of fused-ring (bicyclic) bond motifs is 1. The summed E-state index contributed by atoms with van der Waals surface area (Å²) in [6.45, 7) is 0.105. The summed E-state index contributed by atoms with van der Waals surface area (Å²) in [6.07, 6.45) is 6.92. The summed E-state index contributed by atoms with van der Waals surface area (Å²) in [7, 11) is 0. The minimum Gasteiger partial charge on any atom is -0.545 e. The second kappa shape index (κ2) is 9.00. The minimum absolute atomic E-state index is 0.0806. The molecule has 0 spiro atoms. The first-order valence-corrected chi connectivity index (χ1v) is 10.4. The number of terminal acetylenes is 1. The molecule has 1 fully saturated rings. The van der Waals surface area contributed by atoms with Gasteiger partial charge in [-0.1, -0.05) is 60.5 Å². The fraction of sp³-hybridized carbons (Fsp3) is 0.0800. The Hall–Kier alpha value is -4.02. The molecule has 0 radical (unpaired) electrons. The maximum atomic E-state index is 12.7. The number of ether oxygens (including phenoxy) is 1. The molecule has 158 valence electrons. The number of hydrogen-bond donors (Lipinski definition) is 0. The van der Waals surface area contributed by atoms with Crippen molar-refractivity contribution in [3.05, 3.63) is 82.3 Å². The number of imide groups is 1. The van der Waals surface area contributed by atoms with Crippen molar-refractivity contribution in [2.75, 3.05) is 6.54 Å². The molecule has 1 aliphatic heterocycles. The summed E-state index contributed by atoms with van der Waals surface area (Å²) in [5.74, 6) is 1.17. The van der Waals surface area contributed by atoms with Gasteiger partial charge in [0.2, 0.25) is 0 Å². The zero-order valence-electron chi connectivity index (χ0n) is 16.7. The van der Waals surface area contributed by atoms with Gasteiger partial charge >= 0.3 is 0 Å². The highest BCUT2D eigenvalue weighted by Crippen LogP contribution is 2.37. The van der Waals surface area contributed by atoms with Gasteiger partial charge in [0.1, 0.15) is 12.4 Å². The lowest BCUT2D eigenvalue weighted by molar-refractivity contribution is -0.255. The Balaban J connectivity index is 1.69. The first-order chi connectivity index (χ1) is 15.5.